The van der Waals surface area contributed by atoms with Gasteiger partial charge in [0.05, 0.1) is 43.6 Å². The summed E-state index contributed by atoms with van der Waals surface area (Å²) in [5.41, 5.74) is 0.160. The highest BCUT2D eigenvalue weighted by atomic mass is 16.6. The van der Waals surface area contributed by atoms with Gasteiger partial charge in [-0.15, -0.1) is 0 Å². The Morgan fingerprint density at radius 2 is 1.39 bits per heavy atom. The summed E-state index contributed by atoms with van der Waals surface area (Å²) in [5.74, 6) is -0.360. The number of nitrogens with zero attached hydrogens (tertiary/aromatic N) is 1. The maximum Gasteiger partial charge on any atom is 0.286 e. The first-order chi connectivity index (χ1) is 15.9. The van der Waals surface area contributed by atoms with Crippen LogP contribution in [-0.2, 0) is 0 Å². The zero-order chi connectivity index (χ0) is 24.0. The number of nitro benzene ring substituents is 1. The van der Waals surface area contributed by atoms with Crippen molar-refractivity contribution < 1.29 is 28.7 Å². The molecule has 0 saturated heterocycles. The van der Waals surface area contributed by atoms with Crippen LogP contribution in [0.4, 0.5) is 17.1 Å². The molecule has 3 rings (SSSR count). The van der Waals surface area contributed by atoms with Crippen LogP contribution in [-0.4, -0.2) is 38.1 Å². The van der Waals surface area contributed by atoms with Crippen molar-refractivity contribution in [1.29, 1.82) is 0 Å². The largest absolute Gasteiger partial charge is 0.497 e. The van der Waals surface area contributed by atoms with E-state index in [-0.39, 0.29) is 28.3 Å². The zero-order valence-electron chi connectivity index (χ0n) is 18.1. The molecule has 3 aromatic rings. The van der Waals surface area contributed by atoms with Crippen LogP contribution in [0.3, 0.4) is 0 Å². The molecule has 10 heteroatoms. The lowest BCUT2D eigenvalue weighted by Gasteiger charge is -2.13. The van der Waals surface area contributed by atoms with Gasteiger partial charge in [0.1, 0.15) is 11.3 Å². The minimum absolute atomic E-state index is 0.111. The van der Waals surface area contributed by atoms with Gasteiger partial charge in [-0.05, 0) is 36.4 Å². The predicted molar refractivity (Wildman–Crippen MR) is 122 cm³/mol. The van der Waals surface area contributed by atoms with Gasteiger partial charge in [-0.2, -0.15) is 0 Å². The number of hydrogen-bond donors (Lipinski definition) is 2. The fourth-order valence-electron chi connectivity index (χ4n) is 3.05. The average Bonchev–Trinajstić information content (AvgIpc) is 2.83. The molecule has 0 bridgehead atoms. The van der Waals surface area contributed by atoms with E-state index in [1.165, 1.54) is 39.5 Å². The summed E-state index contributed by atoms with van der Waals surface area (Å²) in [6, 6.07) is 15.4. The van der Waals surface area contributed by atoms with Crippen molar-refractivity contribution in [2.75, 3.05) is 32.0 Å². The molecular formula is C23H21N3O7. The molecule has 0 heterocycles. The Hall–Kier alpha value is -4.60. The first-order valence-electron chi connectivity index (χ1n) is 9.64. The number of carbonyl (C=O) groups excluding carboxylic acids is 2. The molecule has 0 saturated carbocycles. The summed E-state index contributed by atoms with van der Waals surface area (Å²) in [4.78, 5) is 36.6. The number of ether oxygens (including phenoxy) is 3. The van der Waals surface area contributed by atoms with E-state index in [9.17, 15) is 19.7 Å². The van der Waals surface area contributed by atoms with Crippen LogP contribution in [0.5, 0.6) is 17.2 Å². The van der Waals surface area contributed by atoms with E-state index in [1.807, 2.05) is 0 Å². The SMILES string of the molecule is COc1ccc(NC(=O)c2ccccc2NC(=O)c2cc(OC)c(OC)cc2[N+](=O)[O-])cc1. The Balaban J connectivity index is 1.89. The molecular weight excluding hydrogens is 430 g/mol. The minimum atomic E-state index is -0.785. The predicted octanol–water partition coefficient (Wildman–Crippen LogP) is 4.13. The number of methoxy groups -OCH3 is 3. The molecule has 10 nitrogen and oxygen atoms in total. The number of para-hydroxylation sites is 1. The standard InChI is InChI=1S/C23H21N3O7/c1-31-15-10-8-14(9-11-15)24-22(27)16-6-4-5-7-18(16)25-23(28)17-12-20(32-2)21(33-3)13-19(17)26(29)30/h4-13H,1-3H3,(H,24,27)(H,25,28). The van der Waals surface area contributed by atoms with Gasteiger partial charge in [-0.1, -0.05) is 12.1 Å². The highest BCUT2D eigenvalue weighted by molar-refractivity contribution is 6.13. The van der Waals surface area contributed by atoms with Crippen molar-refractivity contribution in [3.63, 3.8) is 0 Å². The maximum absolute atomic E-state index is 13.0. The van der Waals surface area contributed by atoms with Crippen molar-refractivity contribution in [1.82, 2.24) is 0 Å². The van der Waals surface area contributed by atoms with Gasteiger partial charge in [0.15, 0.2) is 11.5 Å². The maximum atomic E-state index is 13.0. The smallest absolute Gasteiger partial charge is 0.286 e. The molecule has 0 aliphatic heterocycles. The Morgan fingerprint density at radius 1 is 0.788 bits per heavy atom. The van der Waals surface area contributed by atoms with E-state index >= 15 is 0 Å². The summed E-state index contributed by atoms with van der Waals surface area (Å²) in [5, 5.41) is 16.8. The number of rotatable bonds is 8. The molecule has 0 fully saturated rings. The van der Waals surface area contributed by atoms with Crippen LogP contribution in [0.15, 0.2) is 60.7 Å². The van der Waals surface area contributed by atoms with E-state index < -0.39 is 22.4 Å². The van der Waals surface area contributed by atoms with Crippen LogP contribution in [0, 0.1) is 10.1 Å². The molecule has 0 aliphatic rings. The van der Waals surface area contributed by atoms with Crippen molar-refractivity contribution in [2.45, 2.75) is 0 Å². The Bertz CT molecular complexity index is 1190. The van der Waals surface area contributed by atoms with Gasteiger partial charge in [0.2, 0.25) is 0 Å². The number of anilines is 2. The van der Waals surface area contributed by atoms with Gasteiger partial charge in [0.25, 0.3) is 17.5 Å². The molecule has 3 aromatic carbocycles. The van der Waals surface area contributed by atoms with Crippen LogP contribution >= 0.6 is 0 Å². The van der Waals surface area contributed by atoms with Gasteiger partial charge >= 0.3 is 0 Å². The topological polar surface area (TPSA) is 129 Å². The van der Waals surface area contributed by atoms with Crippen LogP contribution < -0.4 is 24.8 Å². The minimum Gasteiger partial charge on any atom is -0.497 e. The zero-order valence-corrected chi connectivity index (χ0v) is 18.1. The molecule has 0 atom stereocenters. The fourth-order valence-corrected chi connectivity index (χ4v) is 3.05. The van der Waals surface area contributed by atoms with E-state index in [1.54, 1.807) is 36.4 Å². The van der Waals surface area contributed by atoms with E-state index in [0.717, 1.165) is 6.07 Å². The molecule has 170 valence electrons. The van der Waals surface area contributed by atoms with Crippen molar-refractivity contribution in [3.8, 4) is 17.2 Å². The van der Waals surface area contributed by atoms with Gasteiger partial charge in [0, 0.05) is 11.8 Å². The molecule has 0 aromatic heterocycles. The number of benzene rings is 3. The number of hydrogen-bond acceptors (Lipinski definition) is 7. The highest BCUT2D eigenvalue weighted by Gasteiger charge is 2.25. The lowest BCUT2D eigenvalue weighted by molar-refractivity contribution is -0.385. The molecule has 0 radical (unpaired) electrons. The quantitative estimate of drug-likeness (QED) is 0.389. The first-order valence-corrected chi connectivity index (χ1v) is 9.64. The highest BCUT2D eigenvalue weighted by Crippen LogP contribution is 2.35. The van der Waals surface area contributed by atoms with Crippen molar-refractivity contribution in [3.05, 3.63) is 81.9 Å². The Kier molecular flexibility index (Phi) is 7.09. The fraction of sp³-hybridized carbons (Fsp3) is 0.130. The second-order valence-corrected chi connectivity index (χ2v) is 6.66. The molecule has 0 spiro atoms. The normalized spacial score (nSPS) is 10.2. The van der Waals surface area contributed by atoms with Gasteiger partial charge in [-0.3, -0.25) is 19.7 Å². The third-order valence-corrected chi connectivity index (χ3v) is 4.71. The summed E-state index contributed by atoms with van der Waals surface area (Å²) < 4.78 is 15.3. The van der Waals surface area contributed by atoms with E-state index in [0.29, 0.717) is 11.4 Å². The molecule has 33 heavy (non-hydrogen) atoms. The van der Waals surface area contributed by atoms with Crippen molar-refractivity contribution in [2.24, 2.45) is 0 Å². The summed E-state index contributed by atoms with van der Waals surface area (Å²) in [6.45, 7) is 0. The number of carbonyl (C=O) groups is 2. The lowest BCUT2D eigenvalue weighted by atomic mass is 10.1. The second-order valence-electron chi connectivity index (χ2n) is 6.66. The van der Waals surface area contributed by atoms with E-state index in [4.69, 9.17) is 14.2 Å². The Labute approximate surface area is 189 Å². The summed E-state index contributed by atoms with van der Waals surface area (Å²) in [7, 11) is 4.22. The summed E-state index contributed by atoms with van der Waals surface area (Å²) >= 11 is 0. The van der Waals surface area contributed by atoms with Gasteiger partial charge < -0.3 is 24.8 Å². The molecule has 2 amide bonds. The second kappa shape index (κ2) is 10.1. The molecule has 0 unspecified atom stereocenters. The van der Waals surface area contributed by atoms with Gasteiger partial charge in [-0.25, -0.2) is 0 Å². The van der Waals surface area contributed by atoms with Crippen LogP contribution in [0.2, 0.25) is 0 Å². The van der Waals surface area contributed by atoms with Crippen molar-refractivity contribution >= 4 is 28.9 Å². The van der Waals surface area contributed by atoms with Crippen LogP contribution in [0.1, 0.15) is 20.7 Å². The molecule has 0 aliphatic carbocycles. The average molecular weight is 451 g/mol. The number of nitrogens with one attached hydrogen (secondary N) is 2. The first kappa shape index (κ1) is 23.1. The van der Waals surface area contributed by atoms with Crippen LogP contribution in [0.25, 0.3) is 0 Å². The number of nitro groups is 1. The third-order valence-electron chi connectivity index (χ3n) is 4.71. The number of amides is 2. The Morgan fingerprint density at radius 3 is 2.00 bits per heavy atom. The molecule has 2 N–H and O–H groups in total. The van der Waals surface area contributed by atoms with E-state index in [2.05, 4.69) is 10.6 Å². The monoisotopic (exact) mass is 451 g/mol. The lowest BCUT2D eigenvalue weighted by Crippen LogP contribution is -2.19. The summed E-state index contributed by atoms with van der Waals surface area (Å²) in [6.07, 6.45) is 0. The third kappa shape index (κ3) is 5.18.